The van der Waals surface area contributed by atoms with Gasteiger partial charge in [-0.3, -0.25) is 9.59 Å². The van der Waals surface area contributed by atoms with Crippen molar-refractivity contribution in [1.29, 1.82) is 0 Å². The predicted octanol–water partition coefficient (Wildman–Crippen LogP) is 1.75. The molecule has 0 atom stereocenters. The summed E-state index contributed by atoms with van der Waals surface area (Å²) in [5, 5.41) is 15.8. The number of nitrogens with one attached hydrogen (secondary N) is 2. The van der Waals surface area contributed by atoms with Crippen LogP contribution >= 0.6 is 0 Å². The Morgan fingerprint density at radius 2 is 1.95 bits per heavy atom. The maximum absolute atomic E-state index is 11.9. The van der Waals surface area contributed by atoms with Gasteiger partial charge in [-0.15, -0.1) is 0 Å². The van der Waals surface area contributed by atoms with Gasteiger partial charge in [-0.25, -0.2) is 0 Å². The summed E-state index contributed by atoms with van der Waals surface area (Å²) < 4.78 is 0. The molecule has 1 fully saturated rings. The minimum Gasteiger partial charge on any atom is -0.389 e. The topological polar surface area (TPSA) is 78.4 Å². The third kappa shape index (κ3) is 4.56. The van der Waals surface area contributed by atoms with Gasteiger partial charge in [-0.2, -0.15) is 0 Å². The fourth-order valence-corrected chi connectivity index (χ4v) is 2.86. The van der Waals surface area contributed by atoms with Crippen molar-refractivity contribution in [1.82, 2.24) is 10.6 Å². The van der Waals surface area contributed by atoms with E-state index in [4.69, 9.17) is 0 Å². The van der Waals surface area contributed by atoms with Crippen LogP contribution in [0.5, 0.6) is 0 Å². The van der Waals surface area contributed by atoms with Crippen LogP contribution in [-0.4, -0.2) is 29.1 Å². The summed E-state index contributed by atoms with van der Waals surface area (Å²) in [5.74, 6) is -0.260. The number of hydrogen-bond acceptors (Lipinski definition) is 3. The molecule has 3 N–H and O–H groups in total. The molecule has 1 aliphatic carbocycles. The van der Waals surface area contributed by atoms with E-state index < -0.39 is 5.60 Å². The molecule has 5 nitrogen and oxygen atoms in total. The largest absolute Gasteiger partial charge is 0.389 e. The molecule has 0 radical (unpaired) electrons. The molecule has 0 heterocycles. The summed E-state index contributed by atoms with van der Waals surface area (Å²) in [6.45, 7) is 2.82. The van der Waals surface area contributed by atoms with Crippen molar-refractivity contribution >= 4 is 11.8 Å². The first-order valence-corrected chi connectivity index (χ1v) is 7.89. The summed E-state index contributed by atoms with van der Waals surface area (Å²) in [6.07, 6.45) is 3.53. The van der Waals surface area contributed by atoms with Crippen LogP contribution in [0.2, 0.25) is 0 Å². The number of rotatable bonds is 6. The van der Waals surface area contributed by atoms with Crippen LogP contribution in [0.25, 0.3) is 0 Å². The Hall–Kier alpha value is -1.88. The highest BCUT2D eigenvalue weighted by Crippen LogP contribution is 2.32. The summed E-state index contributed by atoms with van der Waals surface area (Å²) in [6, 6.07) is 7.19. The molecule has 0 aromatic heterocycles. The zero-order chi connectivity index (χ0) is 16.0. The number of aliphatic hydroxyl groups is 1. The lowest BCUT2D eigenvalue weighted by molar-refractivity contribution is -0.126. The van der Waals surface area contributed by atoms with Crippen LogP contribution in [0.15, 0.2) is 24.3 Å². The average Bonchev–Trinajstić information content (AvgIpc) is 2.92. The van der Waals surface area contributed by atoms with Crippen molar-refractivity contribution in [2.45, 2.75) is 51.2 Å². The third-order valence-electron chi connectivity index (χ3n) is 4.04. The molecule has 0 unspecified atom stereocenters. The second kappa shape index (κ2) is 7.40. The van der Waals surface area contributed by atoms with Crippen LogP contribution < -0.4 is 10.6 Å². The van der Waals surface area contributed by atoms with Crippen LogP contribution in [0.3, 0.4) is 0 Å². The minimum atomic E-state index is -0.826. The molecule has 1 saturated carbocycles. The third-order valence-corrected chi connectivity index (χ3v) is 4.04. The molecule has 120 valence electrons. The molecule has 22 heavy (non-hydrogen) atoms. The van der Waals surface area contributed by atoms with Crippen molar-refractivity contribution in [3.8, 4) is 0 Å². The monoisotopic (exact) mass is 304 g/mol. The Kier molecular flexibility index (Phi) is 5.55. The van der Waals surface area contributed by atoms with Crippen molar-refractivity contribution in [2.75, 3.05) is 6.54 Å². The smallest absolute Gasteiger partial charge is 0.251 e. The molecule has 0 aliphatic heterocycles. The quantitative estimate of drug-likeness (QED) is 0.749. The van der Waals surface area contributed by atoms with Gasteiger partial charge in [0, 0.05) is 18.7 Å². The Labute approximate surface area is 131 Å². The minimum absolute atomic E-state index is 0.115. The molecule has 1 aliphatic rings. The summed E-state index contributed by atoms with van der Waals surface area (Å²) in [5.41, 5.74) is 0.631. The molecule has 0 spiro atoms. The summed E-state index contributed by atoms with van der Waals surface area (Å²) in [4.78, 5) is 23.7. The van der Waals surface area contributed by atoms with Gasteiger partial charge in [-0.1, -0.05) is 25.0 Å². The van der Waals surface area contributed by atoms with Crippen LogP contribution in [0.4, 0.5) is 0 Å². The fraction of sp³-hybridized carbons (Fsp3) is 0.529. The first-order valence-electron chi connectivity index (χ1n) is 7.89. The lowest BCUT2D eigenvalue weighted by Crippen LogP contribution is -2.34. The highest BCUT2D eigenvalue weighted by Gasteiger charge is 2.33. The number of amides is 2. The van der Waals surface area contributed by atoms with E-state index in [-0.39, 0.29) is 18.2 Å². The van der Waals surface area contributed by atoms with Crippen LogP contribution in [0.1, 0.15) is 54.9 Å². The van der Waals surface area contributed by atoms with E-state index in [1.165, 1.54) is 0 Å². The summed E-state index contributed by atoms with van der Waals surface area (Å²) >= 11 is 0. The van der Waals surface area contributed by atoms with E-state index in [1.807, 2.05) is 13.0 Å². The van der Waals surface area contributed by atoms with E-state index in [9.17, 15) is 14.7 Å². The van der Waals surface area contributed by atoms with Gasteiger partial charge in [-0.05, 0) is 37.5 Å². The Morgan fingerprint density at radius 1 is 1.23 bits per heavy atom. The molecule has 1 aromatic rings. The standard InChI is InChI=1S/C17H24N2O3/c1-2-18-16(21)14-7-5-6-13(10-14)12-19-15(20)11-17(22)8-3-4-9-17/h5-7,10,22H,2-4,8-9,11-12H2,1H3,(H,18,21)(H,19,20). The molecule has 0 bridgehead atoms. The normalized spacial score (nSPS) is 16.3. The van der Waals surface area contributed by atoms with Crippen molar-refractivity contribution < 1.29 is 14.7 Å². The highest BCUT2D eigenvalue weighted by atomic mass is 16.3. The average molecular weight is 304 g/mol. The van der Waals surface area contributed by atoms with Gasteiger partial charge in [0.05, 0.1) is 12.0 Å². The highest BCUT2D eigenvalue weighted by molar-refractivity contribution is 5.94. The van der Waals surface area contributed by atoms with Gasteiger partial charge in [0.1, 0.15) is 0 Å². The van der Waals surface area contributed by atoms with E-state index in [0.29, 0.717) is 31.5 Å². The summed E-state index contributed by atoms with van der Waals surface area (Å²) in [7, 11) is 0. The second-order valence-corrected chi connectivity index (χ2v) is 5.94. The molecule has 0 saturated heterocycles. The van der Waals surface area contributed by atoms with E-state index in [1.54, 1.807) is 18.2 Å². The SMILES string of the molecule is CCNC(=O)c1cccc(CNC(=O)CC2(O)CCCC2)c1. The van der Waals surface area contributed by atoms with E-state index in [0.717, 1.165) is 18.4 Å². The first-order chi connectivity index (χ1) is 10.5. The Balaban J connectivity index is 1.87. The maximum Gasteiger partial charge on any atom is 0.251 e. The first kappa shape index (κ1) is 16.5. The number of carbonyl (C=O) groups excluding carboxylic acids is 2. The molecule has 5 heteroatoms. The van der Waals surface area contributed by atoms with E-state index in [2.05, 4.69) is 10.6 Å². The molecule has 2 amide bonds. The van der Waals surface area contributed by atoms with Crippen molar-refractivity contribution in [2.24, 2.45) is 0 Å². The lowest BCUT2D eigenvalue weighted by atomic mass is 9.97. The second-order valence-electron chi connectivity index (χ2n) is 5.94. The molecule has 2 rings (SSSR count). The lowest BCUT2D eigenvalue weighted by Gasteiger charge is -2.21. The zero-order valence-corrected chi connectivity index (χ0v) is 13.0. The number of hydrogen-bond donors (Lipinski definition) is 3. The van der Waals surface area contributed by atoms with Crippen LogP contribution in [-0.2, 0) is 11.3 Å². The molecular weight excluding hydrogens is 280 g/mol. The van der Waals surface area contributed by atoms with Gasteiger partial charge in [0.15, 0.2) is 0 Å². The van der Waals surface area contributed by atoms with Crippen LogP contribution in [0, 0.1) is 0 Å². The maximum atomic E-state index is 11.9. The zero-order valence-electron chi connectivity index (χ0n) is 13.0. The Bertz CT molecular complexity index is 536. The van der Waals surface area contributed by atoms with Gasteiger partial charge in [0.25, 0.3) is 5.91 Å². The van der Waals surface area contributed by atoms with Crippen molar-refractivity contribution in [3.63, 3.8) is 0 Å². The van der Waals surface area contributed by atoms with Crippen molar-refractivity contribution in [3.05, 3.63) is 35.4 Å². The number of benzene rings is 1. The van der Waals surface area contributed by atoms with Gasteiger partial charge < -0.3 is 15.7 Å². The predicted molar refractivity (Wildman–Crippen MR) is 84.3 cm³/mol. The fourth-order valence-electron chi connectivity index (χ4n) is 2.86. The number of carbonyl (C=O) groups is 2. The Morgan fingerprint density at radius 3 is 2.64 bits per heavy atom. The van der Waals surface area contributed by atoms with Gasteiger partial charge in [0.2, 0.25) is 5.91 Å². The van der Waals surface area contributed by atoms with Gasteiger partial charge >= 0.3 is 0 Å². The molecule has 1 aromatic carbocycles. The van der Waals surface area contributed by atoms with E-state index >= 15 is 0 Å². The molecular formula is C17H24N2O3.